The highest BCUT2D eigenvalue weighted by molar-refractivity contribution is 7.89. The normalized spacial score (nSPS) is 15.9. The lowest BCUT2D eigenvalue weighted by Crippen LogP contribution is -2.64. The van der Waals surface area contributed by atoms with E-state index in [2.05, 4.69) is 36.8 Å². The first-order valence-electron chi connectivity index (χ1n) is 12.0. The molecule has 190 valence electrons. The number of rotatable bonds is 10. The summed E-state index contributed by atoms with van der Waals surface area (Å²) in [6.07, 6.45) is 5.67. The van der Waals surface area contributed by atoms with E-state index < -0.39 is 23.6 Å². The summed E-state index contributed by atoms with van der Waals surface area (Å²) in [5, 5.41) is 20.3. The first kappa shape index (κ1) is 26.1. The van der Waals surface area contributed by atoms with Crippen molar-refractivity contribution in [2.24, 2.45) is 0 Å². The fourth-order valence-electron chi connectivity index (χ4n) is 4.56. The minimum atomic E-state index is -3.36. The van der Waals surface area contributed by atoms with Crippen molar-refractivity contribution in [3.8, 4) is 23.3 Å². The summed E-state index contributed by atoms with van der Waals surface area (Å²) in [4.78, 5) is 4.56. The predicted molar refractivity (Wildman–Crippen MR) is 141 cm³/mol. The Morgan fingerprint density at radius 2 is 1.97 bits per heavy atom. The van der Waals surface area contributed by atoms with E-state index in [0.717, 1.165) is 34.8 Å². The average molecular weight is 525 g/mol. The molecule has 0 spiro atoms. The van der Waals surface area contributed by atoms with Gasteiger partial charge >= 0.3 is 0 Å². The average Bonchev–Trinajstić information content (AvgIpc) is 3.42. The van der Waals surface area contributed by atoms with Gasteiger partial charge in [-0.15, -0.1) is 0 Å². The summed E-state index contributed by atoms with van der Waals surface area (Å²) in [7, 11) is -4.53. The Hall–Kier alpha value is -2.96. The number of fused-ring (bicyclic) bond motifs is 1. The molecule has 0 saturated carbocycles. The van der Waals surface area contributed by atoms with Gasteiger partial charge in [-0.2, -0.15) is 14.8 Å². The molecular formula is C25H32N6O3SSi. The molecule has 0 radical (unpaired) electrons. The van der Waals surface area contributed by atoms with Crippen LogP contribution >= 0.6 is 0 Å². The number of pyridine rings is 1. The summed E-state index contributed by atoms with van der Waals surface area (Å²) >= 11 is 0. The molecule has 11 heteroatoms. The van der Waals surface area contributed by atoms with Crippen LogP contribution in [0.3, 0.4) is 0 Å². The molecule has 0 amide bonds. The second-order valence-electron chi connectivity index (χ2n) is 10.6. The van der Waals surface area contributed by atoms with Crippen LogP contribution in [0.15, 0.2) is 36.8 Å². The van der Waals surface area contributed by atoms with Crippen molar-refractivity contribution in [2.75, 3.05) is 25.4 Å². The topological polar surface area (TPSA) is 117 Å². The zero-order valence-corrected chi connectivity index (χ0v) is 23.0. The minimum Gasteiger partial charge on any atom is -0.361 e. The lowest BCUT2D eigenvalue weighted by molar-refractivity contribution is 0.0843. The van der Waals surface area contributed by atoms with Gasteiger partial charge in [-0.25, -0.2) is 13.4 Å². The summed E-state index contributed by atoms with van der Waals surface area (Å²) in [5.74, 6) is 0.00547. The fraction of sp³-hybridized carbons (Fsp3) is 0.480. The SMILES string of the molecule is CCS(=O)(=O)N1CC(CC#N)(n2cc(-c3ccnc4c3ccn4COCC[Si](C)(C)C)cc2C#N)C1. The monoisotopic (exact) mass is 524 g/mol. The van der Waals surface area contributed by atoms with Gasteiger partial charge in [0.05, 0.1) is 23.8 Å². The van der Waals surface area contributed by atoms with E-state index in [1.54, 1.807) is 23.8 Å². The summed E-state index contributed by atoms with van der Waals surface area (Å²) < 4.78 is 35.7. The van der Waals surface area contributed by atoms with E-state index in [-0.39, 0.29) is 25.3 Å². The summed E-state index contributed by atoms with van der Waals surface area (Å²) in [6, 6.07) is 11.2. The molecule has 9 nitrogen and oxygen atoms in total. The standard InChI is InChI=1S/C25H32N6O3SSi/c1-5-35(32,33)30-17-25(18-30,8-9-26)31-16-20(14-21(31)15-27)22-6-10-28-24-23(22)7-11-29(24)19-34-12-13-36(2,3)4/h6-7,10-11,14,16H,5,8,12-13,17-19H2,1-4H3. The maximum atomic E-state index is 12.3. The zero-order valence-electron chi connectivity index (χ0n) is 21.2. The molecular weight excluding hydrogens is 492 g/mol. The molecule has 1 aliphatic rings. The first-order valence-corrected chi connectivity index (χ1v) is 17.3. The van der Waals surface area contributed by atoms with Gasteiger partial charge in [-0.05, 0) is 36.7 Å². The van der Waals surface area contributed by atoms with Crippen LogP contribution in [0.4, 0.5) is 0 Å². The lowest BCUT2D eigenvalue weighted by atomic mass is 9.88. The van der Waals surface area contributed by atoms with Crippen molar-refractivity contribution >= 4 is 29.1 Å². The minimum absolute atomic E-state index is 0.00547. The van der Waals surface area contributed by atoms with Crippen molar-refractivity contribution < 1.29 is 13.2 Å². The zero-order chi connectivity index (χ0) is 26.1. The van der Waals surface area contributed by atoms with Gasteiger partial charge in [0.25, 0.3) is 0 Å². The molecule has 1 aliphatic heterocycles. The number of sulfonamides is 1. The summed E-state index contributed by atoms with van der Waals surface area (Å²) in [5.41, 5.74) is 2.17. The van der Waals surface area contributed by atoms with Crippen molar-refractivity contribution in [1.29, 1.82) is 10.5 Å². The Morgan fingerprint density at radius 3 is 2.61 bits per heavy atom. The van der Waals surface area contributed by atoms with E-state index in [0.29, 0.717) is 12.4 Å². The number of nitrogens with zero attached hydrogens (tertiary/aromatic N) is 6. The van der Waals surface area contributed by atoms with Gasteiger partial charge in [0.1, 0.15) is 24.1 Å². The molecule has 0 N–H and O–H groups in total. The molecule has 3 aromatic heterocycles. The molecule has 0 atom stereocenters. The third-order valence-electron chi connectivity index (χ3n) is 6.75. The number of aromatic nitrogens is 3. The molecule has 1 saturated heterocycles. The third-order valence-corrected chi connectivity index (χ3v) is 10.2. The first-order chi connectivity index (χ1) is 17.0. The highest BCUT2D eigenvalue weighted by atomic mass is 32.2. The van der Waals surface area contributed by atoms with Crippen molar-refractivity contribution in [3.63, 3.8) is 0 Å². The maximum Gasteiger partial charge on any atom is 0.213 e. The molecule has 4 heterocycles. The molecule has 1 fully saturated rings. The Bertz CT molecular complexity index is 1450. The number of ether oxygens (including phenoxy) is 1. The van der Waals surface area contributed by atoms with E-state index >= 15 is 0 Å². The number of hydrogen-bond donors (Lipinski definition) is 0. The second kappa shape index (κ2) is 9.83. The molecule has 0 unspecified atom stereocenters. The van der Waals surface area contributed by atoms with Crippen LogP contribution in [-0.4, -0.2) is 60.4 Å². The van der Waals surface area contributed by atoms with Crippen LogP contribution < -0.4 is 0 Å². The second-order valence-corrected chi connectivity index (χ2v) is 18.4. The van der Waals surface area contributed by atoms with Crippen molar-refractivity contribution in [2.45, 2.75) is 51.3 Å². The Labute approximate surface area is 213 Å². The van der Waals surface area contributed by atoms with Crippen LogP contribution in [0.2, 0.25) is 25.7 Å². The molecule has 3 aromatic rings. The largest absolute Gasteiger partial charge is 0.361 e. The lowest BCUT2D eigenvalue weighted by Gasteiger charge is -2.49. The molecule has 0 aliphatic carbocycles. The van der Waals surface area contributed by atoms with Crippen LogP contribution in [0.25, 0.3) is 22.2 Å². The maximum absolute atomic E-state index is 12.3. The van der Waals surface area contributed by atoms with Crippen LogP contribution in [0, 0.1) is 22.7 Å². The van der Waals surface area contributed by atoms with Gasteiger partial charge in [0, 0.05) is 57.3 Å². The van der Waals surface area contributed by atoms with Crippen LogP contribution in [0.1, 0.15) is 19.0 Å². The van der Waals surface area contributed by atoms with E-state index in [1.165, 1.54) is 4.31 Å². The van der Waals surface area contributed by atoms with Crippen molar-refractivity contribution in [1.82, 2.24) is 18.4 Å². The van der Waals surface area contributed by atoms with Crippen LogP contribution in [0.5, 0.6) is 0 Å². The van der Waals surface area contributed by atoms with Gasteiger partial charge in [0.2, 0.25) is 10.0 Å². The molecule has 36 heavy (non-hydrogen) atoms. The molecule has 4 rings (SSSR count). The smallest absolute Gasteiger partial charge is 0.213 e. The Kier molecular flexibility index (Phi) is 7.13. The van der Waals surface area contributed by atoms with Gasteiger partial charge in [-0.3, -0.25) is 0 Å². The van der Waals surface area contributed by atoms with Gasteiger partial charge < -0.3 is 13.9 Å². The Morgan fingerprint density at radius 1 is 1.22 bits per heavy atom. The van der Waals surface area contributed by atoms with Gasteiger partial charge in [0.15, 0.2) is 0 Å². The third kappa shape index (κ3) is 4.97. The predicted octanol–water partition coefficient (Wildman–Crippen LogP) is 3.96. The van der Waals surface area contributed by atoms with E-state index in [9.17, 15) is 18.9 Å². The molecule has 0 bridgehead atoms. The highest BCUT2D eigenvalue weighted by Crippen LogP contribution is 2.39. The van der Waals surface area contributed by atoms with Crippen LogP contribution in [-0.2, 0) is 27.0 Å². The molecule has 0 aromatic carbocycles. The summed E-state index contributed by atoms with van der Waals surface area (Å²) in [6.45, 7) is 10.1. The van der Waals surface area contributed by atoms with E-state index in [4.69, 9.17) is 4.74 Å². The Balaban J connectivity index is 1.64. The number of hydrogen-bond acceptors (Lipinski definition) is 6. The quantitative estimate of drug-likeness (QED) is 0.293. The fourth-order valence-corrected chi connectivity index (χ4v) is 6.56. The number of nitriles is 2. The van der Waals surface area contributed by atoms with Gasteiger partial charge in [-0.1, -0.05) is 19.6 Å². The highest BCUT2D eigenvalue weighted by Gasteiger charge is 2.49. The van der Waals surface area contributed by atoms with E-state index in [1.807, 2.05) is 29.1 Å². The van der Waals surface area contributed by atoms with Crippen molar-refractivity contribution in [3.05, 3.63) is 42.5 Å².